The van der Waals surface area contributed by atoms with Gasteiger partial charge in [-0.3, -0.25) is 4.79 Å². The largest absolute Gasteiger partial charge is 0.490 e. The molecule has 0 aliphatic heterocycles. The van der Waals surface area contributed by atoms with Gasteiger partial charge in [0.25, 0.3) is 5.91 Å². The Hall–Kier alpha value is -1.59. The second-order valence-electron chi connectivity index (χ2n) is 5.55. The van der Waals surface area contributed by atoms with Crippen molar-refractivity contribution in [2.45, 2.75) is 39.8 Å². The number of hydrogen-bond acceptors (Lipinski definition) is 4. The third-order valence-corrected chi connectivity index (χ3v) is 4.46. The Bertz CT molecular complexity index is 685. The van der Waals surface area contributed by atoms with E-state index in [4.69, 9.17) is 16.3 Å². The van der Waals surface area contributed by atoms with Crippen molar-refractivity contribution >= 4 is 28.8 Å². The average molecular weight is 353 g/mol. The molecule has 0 atom stereocenters. The van der Waals surface area contributed by atoms with Crippen LogP contribution in [0.2, 0.25) is 5.02 Å². The van der Waals surface area contributed by atoms with Crippen LogP contribution < -0.4 is 4.74 Å². The van der Waals surface area contributed by atoms with Gasteiger partial charge in [-0.05, 0) is 38.5 Å². The molecule has 1 aromatic carbocycles. The SMILES string of the molecule is CCc1nc(CN(C)C(=O)c2cc(Cl)ccc2OC(C)C)cs1. The standard InChI is InChI=1S/C17H21ClN2O2S/c1-5-16-19-13(10-23-16)9-20(4)17(21)14-8-12(18)6-7-15(14)22-11(2)3/h6-8,10-11H,5,9H2,1-4H3. The van der Waals surface area contributed by atoms with Gasteiger partial charge in [0, 0.05) is 17.5 Å². The van der Waals surface area contributed by atoms with Gasteiger partial charge in [-0.25, -0.2) is 4.98 Å². The van der Waals surface area contributed by atoms with Crippen LogP contribution in [0, 0.1) is 0 Å². The molecule has 0 bridgehead atoms. The smallest absolute Gasteiger partial charge is 0.257 e. The molecule has 124 valence electrons. The fourth-order valence-corrected chi connectivity index (χ4v) is 3.04. The summed E-state index contributed by atoms with van der Waals surface area (Å²) in [5.41, 5.74) is 1.37. The highest BCUT2D eigenvalue weighted by atomic mass is 35.5. The summed E-state index contributed by atoms with van der Waals surface area (Å²) in [5, 5.41) is 3.58. The summed E-state index contributed by atoms with van der Waals surface area (Å²) in [4.78, 5) is 18.9. The van der Waals surface area contributed by atoms with Crippen LogP contribution in [0.4, 0.5) is 0 Å². The zero-order valence-electron chi connectivity index (χ0n) is 13.8. The monoisotopic (exact) mass is 352 g/mol. The van der Waals surface area contributed by atoms with Crippen molar-refractivity contribution in [1.29, 1.82) is 0 Å². The van der Waals surface area contributed by atoms with E-state index in [0.717, 1.165) is 17.1 Å². The average Bonchev–Trinajstić information content (AvgIpc) is 2.95. The van der Waals surface area contributed by atoms with Gasteiger partial charge in [0.15, 0.2) is 0 Å². The van der Waals surface area contributed by atoms with Gasteiger partial charge in [0.05, 0.1) is 28.9 Å². The molecule has 0 fully saturated rings. The van der Waals surface area contributed by atoms with E-state index < -0.39 is 0 Å². The van der Waals surface area contributed by atoms with Gasteiger partial charge in [-0.15, -0.1) is 11.3 Å². The summed E-state index contributed by atoms with van der Waals surface area (Å²) in [6, 6.07) is 5.11. The molecule has 2 aromatic rings. The van der Waals surface area contributed by atoms with E-state index in [9.17, 15) is 4.79 Å². The molecule has 2 rings (SSSR count). The van der Waals surface area contributed by atoms with E-state index in [2.05, 4.69) is 11.9 Å². The van der Waals surface area contributed by atoms with Crippen LogP contribution in [0.25, 0.3) is 0 Å². The normalized spacial score (nSPS) is 10.9. The molecule has 4 nitrogen and oxygen atoms in total. The maximum atomic E-state index is 12.7. The van der Waals surface area contributed by atoms with Crippen molar-refractivity contribution in [2.75, 3.05) is 7.05 Å². The predicted octanol–water partition coefficient (Wildman–Crippen LogP) is 4.42. The number of benzene rings is 1. The van der Waals surface area contributed by atoms with Crippen molar-refractivity contribution in [1.82, 2.24) is 9.88 Å². The minimum absolute atomic E-state index is 0.0151. The van der Waals surface area contributed by atoms with E-state index in [1.54, 1.807) is 41.5 Å². The molecule has 6 heteroatoms. The first-order chi connectivity index (χ1) is 10.9. The minimum Gasteiger partial charge on any atom is -0.490 e. The molecule has 23 heavy (non-hydrogen) atoms. The lowest BCUT2D eigenvalue weighted by molar-refractivity contribution is 0.0777. The zero-order valence-corrected chi connectivity index (χ0v) is 15.4. The zero-order chi connectivity index (χ0) is 17.0. The third kappa shape index (κ3) is 4.69. The fourth-order valence-electron chi connectivity index (χ4n) is 2.13. The first-order valence-electron chi connectivity index (χ1n) is 7.55. The molecule has 0 aliphatic rings. The van der Waals surface area contributed by atoms with E-state index in [-0.39, 0.29) is 12.0 Å². The number of aryl methyl sites for hydroxylation is 1. The molecule has 0 spiro atoms. The van der Waals surface area contributed by atoms with Crippen molar-refractivity contribution in [3.8, 4) is 5.75 Å². The highest BCUT2D eigenvalue weighted by Gasteiger charge is 2.19. The van der Waals surface area contributed by atoms with Gasteiger partial charge >= 0.3 is 0 Å². The number of carbonyl (C=O) groups is 1. The lowest BCUT2D eigenvalue weighted by atomic mass is 10.1. The summed E-state index contributed by atoms with van der Waals surface area (Å²) < 4.78 is 5.72. The van der Waals surface area contributed by atoms with Crippen LogP contribution >= 0.6 is 22.9 Å². The molecular weight excluding hydrogens is 332 g/mol. The van der Waals surface area contributed by atoms with E-state index in [1.807, 2.05) is 19.2 Å². The molecule has 1 heterocycles. The van der Waals surface area contributed by atoms with Crippen LogP contribution in [-0.2, 0) is 13.0 Å². The number of nitrogens with zero attached hydrogens (tertiary/aromatic N) is 2. The summed E-state index contributed by atoms with van der Waals surface area (Å²) in [6.45, 7) is 6.38. The van der Waals surface area contributed by atoms with Crippen molar-refractivity contribution in [3.05, 3.63) is 44.9 Å². The number of amides is 1. The van der Waals surface area contributed by atoms with Gasteiger partial charge in [-0.1, -0.05) is 18.5 Å². The molecule has 0 saturated carbocycles. The molecule has 0 N–H and O–H groups in total. The van der Waals surface area contributed by atoms with Crippen LogP contribution in [0.15, 0.2) is 23.6 Å². The Kier molecular flexibility index (Phi) is 6.02. The number of halogens is 1. The summed E-state index contributed by atoms with van der Waals surface area (Å²) in [5.74, 6) is 0.419. The minimum atomic E-state index is -0.130. The Morgan fingerprint density at radius 3 is 2.78 bits per heavy atom. The number of thiazole rings is 1. The number of hydrogen-bond donors (Lipinski definition) is 0. The molecule has 0 unspecified atom stereocenters. The molecule has 1 aromatic heterocycles. The van der Waals surface area contributed by atoms with Gasteiger partial charge in [0.2, 0.25) is 0 Å². The van der Waals surface area contributed by atoms with Gasteiger partial charge in [0.1, 0.15) is 5.75 Å². The second kappa shape index (κ2) is 7.79. The maximum absolute atomic E-state index is 12.7. The lowest BCUT2D eigenvalue weighted by Crippen LogP contribution is -2.27. The lowest BCUT2D eigenvalue weighted by Gasteiger charge is -2.19. The first-order valence-corrected chi connectivity index (χ1v) is 8.81. The van der Waals surface area contributed by atoms with Crippen LogP contribution in [0.5, 0.6) is 5.75 Å². The summed E-state index contributed by atoms with van der Waals surface area (Å²) in [6.07, 6.45) is 0.891. The Morgan fingerprint density at radius 2 is 2.17 bits per heavy atom. The Labute approximate surface area is 146 Å². The number of aromatic nitrogens is 1. The molecule has 0 saturated heterocycles. The topological polar surface area (TPSA) is 42.4 Å². The van der Waals surface area contributed by atoms with Crippen LogP contribution in [0.3, 0.4) is 0 Å². The van der Waals surface area contributed by atoms with E-state index >= 15 is 0 Å². The molecule has 0 radical (unpaired) electrons. The molecule has 0 aliphatic carbocycles. The van der Waals surface area contributed by atoms with Crippen molar-refractivity contribution in [2.24, 2.45) is 0 Å². The highest BCUT2D eigenvalue weighted by Crippen LogP contribution is 2.25. The third-order valence-electron chi connectivity index (χ3n) is 3.18. The fraction of sp³-hybridized carbons (Fsp3) is 0.412. The Morgan fingerprint density at radius 1 is 1.43 bits per heavy atom. The van der Waals surface area contributed by atoms with Crippen LogP contribution in [-0.4, -0.2) is 28.9 Å². The van der Waals surface area contributed by atoms with Crippen molar-refractivity contribution < 1.29 is 9.53 Å². The number of ether oxygens (including phenoxy) is 1. The first kappa shape index (κ1) is 17.8. The molecular formula is C17H21ClN2O2S. The van der Waals surface area contributed by atoms with E-state index in [1.165, 1.54) is 0 Å². The van der Waals surface area contributed by atoms with Gasteiger partial charge in [-0.2, -0.15) is 0 Å². The van der Waals surface area contributed by atoms with Gasteiger partial charge < -0.3 is 9.64 Å². The second-order valence-corrected chi connectivity index (χ2v) is 6.93. The Balaban J connectivity index is 2.19. The predicted molar refractivity (Wildman–Crippen MR) is 94.5 cm³/mol. The quantitative estimate of drug-likeness (QED) is 0.772. The number of rotatable bonds is 6. The van der Waals surface area contributed by atoms with Crippen LogP contribution in [0.1, 0.15) is 41.8 Å². The molecule has 1 amide bonds. The maximum Gasteiger partial charge on any atom is 0.257 e. The summed E-state index contributed by atoms with van der Waals surface area (Å²) >= 11 is 7.67. The summed E-state index contributed by atoms with van der Waals surface area (Å²) in [7, 11) is 1.76. The van der Waals surface area contributed by atoms with Crippen molar-refractivity contribution in [3.63, 3.8) is 0 Å². The highest BCUT2D eigenvalue weighted by molar-refractivity contribution is 7.09. The number of carbonyl (C=O) groups excluding carboxylic acids is 1. The van der Waals surface area contributed by atoms with E-state index in [0.29, 0.717) is 22.9 Å².